The molecule has 17 heavy (non-hydrogen) atoms. The molecule has 0 saturated heterocycles. The number of nitrogens with zero attached hydrogens (tertiary/aromatic N) is 1. The second kappa shape index (κ2) is 5.70. The van der Waals surface area contributed by atoms with Crippen molar-refractivity contribution in [1.82, 2.24) is 4.98 Å². The molecule has 2 unspecified atom stereocenters. The normalized spacial score (nSPS) is 14.2. The van der Waals surface area contributed by atoms with Crippen molar-refractivity contribution in [3.05, 3.63) is 29.3 Å². The Labute approximate surface area is 97.9 Å². The third-order valence-electron chi connectivity index (χ3n) is 2.31. The number of rotatable bonds is 4. The lowest BCUT2D eigenvalue weighted by atomic mass is 10.1. The van der Waals surface area contributed by atoms with Gasteiger partial charge >= 0.3 is 5.97 Å². The molecule has 2 atom stereocenters. The number of esters is 1. The van der Waals surface area contributed by atoms with Crippen LogP contribution in [-0.2, 0) is 9.53 Å². The van der Waals surface area contributed by atoms with E-state index in [2.05, 4.69) is 9.72 Å². The van der Waals surface area contributed by atoms with E-state index in [1.165, 1.54) is 20.1 Å². The van der Waals surface area contributed by atoms with Gasteiger partial charge in [-0.1, -0.05) is 0 Å². The zero-order chi connectivity index (χ0) is 13.0. The first-order chi connectivity index (χ1) is 7.95. The molecule has 0 spiro atoms. The Bertz CT molecular complexity index is 410. The molecule has 1 aromatic rings. The molecule has 5 nitrogen and oxygen atoms in total. The van der Waals surface area contributed by atoms with E-state index in [-0.39, 0.29) is 17.8 Å². The molecular formula is C11H14FNO4. The average Bonchev–Trinajstić information content (AvgIpc) is 2.31. The van der Waals surface area contributed by atoms with Gasteiger partial charge in [0, 0.05) is 0 Å². The predicted molar refractivity (Wildman–Crippen MR) is 56.5 cm³/mol. The number of aliphatic hydroxyl groups excluding tert-OH is 2. The average molecular weight is 243 g/mol. The molecule has 0 aliphatic carbocycles. The second-order valence-corrected chi connectivity index (χ2v) is 3.60. The zero-order valence-corrected chi connectivity index (χ0v) is 9.55. The van der Waals surface area contributed by atoms with Gasteiger partial charge in [-0.15, -0.1) is 0 Å². The van der Waals surface area contributed by atoms with E-state index in [1.807, 2.05) is 0 Å². The van der Waals surface area contributed by atoms with Crippen LogP contribution in [0.5, 0.6) is 0 Å². The smallest absolute Gasteiger partial charge is 0.308 e. The maximum absolute atomic E-state index is 12.9. The first-order valence-electron chi connectivity index (χ1n) is 5.01. The van der Waals surface area contributed by atoms with E-state index in [0.29, 0.717) is 0 Å². The highest BCUT2D eigenvalue weighted by molar-refractivity contribution is 5.69. The number of carbonyl (C=O) groups is 1. The van der Waals surface area contributed by atoms with Gasteiger partial charge in [-0.2, -0.15) is 0 Å². The number of aryl methyl sites for hydroxylation is 1. The molecule has 1 rings (SSSR count). The lowest BCUT2D eigenvalue weighted by Gasteiger charge is -2.16. The molecule has 1 aromatic heterocycles. The van der Waals surface area contributed by atoms with E-state index < -0.39 is 24.0 Å². The number of hydrogen-bond acceptors (Lipinski definition) is 5. The third-order valence-corrected chi connectivity index (χ3v) is 2.31. The summed E-state index contributed by atoms with van der Waals surface area (Å²) in [6.45, 7) is 1.44. The van der Waals surface area contributed by atoms with Crippen molar-refractivity contribution in [3.63, 3.8) is 0 Å². The summed E-state index contributed by atoms with van der Waals surface area (Å²) in [5.74, 6) is -1.14. The van der Waals surface area contributed by atoms with Crippen molar-refractivity contribution in [2.75, 3.05) is 7.11 Å². The van der Waals surface area contributed by atoms with Gasteiger partial charge in [0.15, 0.2) is 0 Å². The van der Waals surface area contributed by atoms with Crippen molar-refractivity contribution in [3.8, 4) is 0 Å². The monoisotopic (exact) mass is 243 g/mol. The number of aromatic nitrogens is 1. The van der Waals surface area contributed by atoms with E-state index in [1.54, 1.807) is 0 Å². The maximum Gasteiger partial charge on any atom is 0.308 e. The molecule has 0 amide bonds. The molecule has 6 heteroatoms. The Morgan fingerprint density at radius 1 is 1.53 bits per heavy atom. The van der Waals surface area contributed by atoms with Gasteiger partial charge in [-0.05, 0) is 19.1 Å². The van der Waals surface area contributed by atoms with Crippen molar-refractivity contribution < 1.29 is 24.1 Å². The summed E-state index contributed by atoms with van der Waals surface area (Å²) < 4.78 is 17.3. The Balaban J connectivity index is 2.77. The van der Waals surface area contributed by atoms with Gasteiger partial charge in [0.05, 0.1) is 31.0 Å². The second-order valence-electron chi connectivity index (χ2n) is 3.60. The van der Waals surface area contributed by atoms with Gasteiger partial charge in [0.2, 0.25) is 0 Å². The number of pyridine rings is 1. The van der Waals surface area contributed by atoms with Crippen LogP contribution in [0.3, 0.4) is 0 Å². The van der Waals surface area contributed by atoms with Crippen LogP contribution in [0, 0.1) is 12.7 Å². The van der Waals surface area contributed by atoms with E-state index in [9.17, 15) is 19.4 Å². The summed E-state index contributed by atoms with van der Waals surface area (Å²) in [5, 5.41) is 19.3. The molecule has 2 N–H and O–H groups in total. The number of halogens is 1. The molecule has 0 aromatic carbocycles. The molecule has 1 heterocycles. The zero-order valence-electron chi connectivity index (χ0n) is 9.55. The topological polar surface area (TPSA) is 79.7 Å². The highest BCUT2D eigenvalue weighted by Gasteiger charge is 2.23. The number of aliphatic hydroxyl groups is 2. The third kappa shape index (κ3) is 3.47. The van der Waals surface area contributed by atoms with Gasteiger partial charge in [0.25, 0.3) is 0 Å². The van der Waals surface area contributed by atoms with Crippen molar-refractivity contribution >= 4 is 5.97 Å². The molecule has 0 saturated carbocycles. The highest BCUT2D eigenvalue weighted by Crippen LogP contribution is 2.18. The Morgan fingerprint density at radius 2 is 2.18 bits per heavy atom. The molecule has 0 aliphatic heterocycles. The quantitative estimate of drug-likeness (QED) is 0.752. The first-order valence-corrected chi connectivity index (χ1v) is 5.01. The largest absolute Gasteiger partial charge is 0.469 e. The number of methoxy groups -OCH3 is 1. The minimum atomic E-state index is -1.35. The molecular weight excluding hydrogens is 229 g/mol. The lowest BCUT2D eigenvalue weighted by molar-refractivity contribution is -0.144. The minimum Gasteiger partial charge on any atom is -0.469 e. The molecule has 0 bridgehead atoms. The van der Waals surface area contributed by atoms with Crippen LogP contribution in [0.15, 0.2) is 12.1 Å². The van der Waals surface area contributed by atoms with Crippen LogP contribution < -0.4 is 0 Å². The van der Waals surface area contributed by atoms with Crippen LogP contribution >= 0.6 is 0 Å². The lowest BCUT2D eigenvalue weighted by Crippen LogP contribution is -2.23. The molecule has 0 fully saturated rings. The van der Waals surface area contributed by atoms with Gasteiger partial charge in [0.1, 0.15) is 11.9 Å². The van der Waals surface area contributed by atoms with Crippen LogP contribution in [0.1, 0.15) is 23.9 Å². The number of carbonyl (C=O) groups excluding carboxylic acids is 1. The molecule has 0 aliphatic rings. The summed E-state index contributed by atoms with van der Waals surface area (Å²) in [5.41, 5.74) is 0.229. The summed E-state index contributed by atoms with van der Waals surface area (Å²) >= 11 is 0. The van der Waals surface area contributed by atoms with Gasteiger partial charge < -0.3 is 14.9 Å². The van der Waals surface area contributed by atoms with Crippen LogP contribution in [0.4, 0.5) is 4.39 Å². The standard InChI is InChI=1S/C11H14FNO4/c1-6-7(12)3-4-8(13-6)11(16)9(14)5-10(15)17-2/h3-4,9,11,14,16H,5H2,1-2H3. The van der Waals surface area contributed by atoms with Crippen LogP contribution in [-0.4, -0.2) is 34.4 Å². The minimum absolute atomic E-state index is 0.111. The Kier molecular flexibility index (Phi) is 4.53. The predicted octanol–water partition coefficient (Wildman–Crippen LogP) is 0.487. The fourth-order valence-electron chi connectivity index (χ4n) is 1.29. The molecule has 94 valence electrons. The Morgan fingerprint density at radius 3 is 2.71 bits per heavy atom. The van der Waals surface area contributed by atoms with Gasteiger partial charge in [-0.25, -0.2) is 4.39 Å². The fourth-order valence-corrected chi connectivity index (χ4v) is 1.29. The summed E-state index contributed by atoms with van der Waals surface area (Å²) in [4.78, 5) is 14.7. The van der Waals surface area contributed by atoms with Crippen LogP contribution in [0.25, 0.3) is 0 Å². The fraction of sp³-hybridized carbons (Fsp3) is 0.455. The maximum atomic E-state index is 12.9. The van der Waals surface area contributed by atoms with Crippen LogP contribution in [0.2, 0.25) is 0 Å². The van der Waals surface area contributed by atoms with E-state index in [4.69, 9.17) is 0 Å². The number of ether oxygens (including phenoxy) is 1. The summed E-state index contributed by atoms with van der Waals surface area (Å²) in [6.07, 6.45) is -3.04. The first kappa shape index (κ1) is 13.5. The highest BCUT2D eigenvalue weighted by atomic mass is 19.1. The summed E-state index contributed by atoms with van der Waals surface area (Å²) in [7, 11) is 1.18. The number of hydrogen-bond donors (Lipinski definition) is 2. The van der Waals surface area contributed by atoms with Crippen molar-refractivity contribution in [2.45, 2.75) is 25.6 Å². The van der Waals surface area contributed by atoms with Crippen molar-refractivity contribution in [2.24, 2.45) is 0 Å². The van der Waals surface area contributed by atoms with E-state index >= 15 is 0 Å². The summed E-state index contributed by atoms with van der Waals surface area (Å²) in [6, 6.07) is 2.40. The SMILES string of the molecule is COC(=O)CC(O)C(O)c1ccc(F)c(C)n1. The Hall–Kier alpha value is -1.53. The van der Waals surface area contributed by atoms with Crippen molar-refractivity contribution in [1.29, 1.82) is 0 Å². The van der Waals surface area contributed by atoms with E-state index in [0.717, 1.165) is 6.07 Å². The van der Waals surface area contributed by atoms with Gasteiger partial charge in [-0.3, -0.25) is 9.78 Å². The molecule has 0 radical (unpaired) electrons.